The molecule has 0 saturated heterocycles. The van der Waals surface area contributed by atoms with Crippen molar-refractivity contribution in [1.82, 2.24) is 0 Å². The molecule has 0 saturated carbocycles. The molecule has 0 aromatic carbocycles. The van der Waals surface area contributed by atoms with Gasteiger partial charge < -0.3 is 0 Å². The molecule has 0 aliphatic rings. The third-order valence-corrected chi connectivity index (χ3v) is 3.62. The van der Waals surface area contributed by atoms with Crippen molar-refractivity contribution in [2.45, 2.75) is 90.9 Å². The van der Waals surface area contributed by atoms with Crippen molar-refractivity contribution in [3.63, 3.8) is 0 Å². The molecule has 0 amide bonds. The standard InChI is InChI=1S/C20H38O2/c1-3-5-6-7-8-9-10-11-12-13-14-15-16-17-18-19-20-22-21-4-2/h7-8,17-18H,3-6,9-16,19-20H2,1-2H3. The topological polar surface area (TPSA) is 18.5 Å². The summed E-state index contributed by atoms with van der Waals surface area (Å²) in [7, 11) is 0. The predicted molar refractivity (Wildman–Crippen MR) is 96.9 cm³/mol. The van der Waals surface area contributed by atoms with Gasteiger partial charge in [-0.2, -0.15) is 0 Å². The van der Waals surface area contributed by atoms with Gasteiger partial charge >= 0.3 is 0 Å². The van der Waals surface area contributed by atoms with Crippen molar-refractivity contribution < 1.29 is 9.78 Å². The van der Waals surface area contributed by atoms with Crippen LogP contribution in [0.2, 0.25) is 0 Å². The average Bonchev–Trinajstić information content (AvgIpc) is 2.54. The van der Waals surface area contributed by atoms with E-state index in [0.29, 0.717) is 13.2 Å². The Bertz CT molecular complexity index is 246. The first-order valence-corrected chi connectivity index (χ1v) is 9.46. The molecule has 0 aromatic rings. The lowest BCUT2D eigenvalue weighted by Crippen LogP contribution is -1.94. The monoisotopic (exact) mass is 310 g/mol. The zero-order valence-electron chi connectivity index (χ0n) is 15.0. The SMILES string of the molecule is CCCCC=CCCCCCCCCC=CCCOOCC. The molecule has 0 aromatic heterocycles. The highest BCUT2D eigenvalue weighted by molar-refractivity contribution is 4.81. The van der Waals surface area contributed by atoms with Gasteiger partial charge in [-0.15, -0.1) is 0 Å². The van der Waals surface area contributed by atoms with Crippen LogP contribution in [0.5, 0.6) is 0 Å². The van der Waals surface area contributed by atoms with Crippen LogP contribution in [0, 0.1) is 0 Å². The van der Waals surface area contributed by atoms with Gasteiger partial charge in [0.15, 0.2) is 0 Å². The Labute approximate surface area is 138 Å². The quantitative estimate of drug-likeness (QED) is 0.128. The number of unbranched alkanes of at least 4 members (excludes halogenated alkanes) is 9. The first-order valence-electron chi connectivity index (χ1n) is 9.46. The van der Waals surface area contributed by atoms with E-state index in [4.69, 9.17) is 9.78 Å². The molecule has 0 unspecified atom stereocenters. The van der Waals surface area contributed by atoms with Crippen LogP contribution in [-0.2, 0) is 9.78 Å². The second-order valence-corrected chi connectivity index (χ2v) is 5.80. The van der Waals surface area contributed by atoms with Crippen LogP contribution in [0.4, 0.5) is 0 Å². The summed E-state index contributed by atoms with van der Waals surface area (Å²) in [6.45, 7) is 5.47. The molecule has 22 heavy (non-hydrogen) atoms. The van der Waals surface area contributed by atoms with E-state index in [2.05, 4.69) is 31.2 Å². The van der Waals surface area contributed by atoms with Crippen LogP contribution in [0.15, 0.2) is 24.3 Å². The highest BCUT2D eigenvalue weighted by atomic mass is 17.2. The van der Waals surface area contributed by atoms with Crippen molar-refractivity contribution >= 4 is 0 Å². The van der Waals surface area contributed by atoms with Gasteiger partial charge in [0.05, 0.1) is 13.2 Å². The lowest BCUT2D eigenvalue weighted by Gasteiger charge is -2.00. The molecule has 0 rings (SSSR count). The molecule has 0 N–H and O–H groups in total. The maximum absolute atomic E-state index is 4.95. The molecule has 0 spiro atoms. The predicted octanol–water partition coefficient (Wildman–Crippen LogP) is 6.77. The fraction of sp³-hybridized carbons (Fsp3) is 0.800. The zero-order chi connectivity index (χ0) is 16.1. The molecule has 2 heteroatoms. The van der Waals surface area contributed by atoms with Gasteiger partial charge in [-0.1, -0.05) is 69.8 Å². The van der Waals surface area contributed by atoms with E-state index in [1.165, 1.54) is 70.6 Å². The molecule has 2 nitrogen and oxygen atoms in total. The van der Waals surface area contributed by atoms with Crippen molar-refractivity contribution in [3.05, 3.63) is 24.3 Å². The van der Waals surface area contributed by atoms with E-state index in [1.807, 2.05) is 6.92 Å². The summed E-state index contributed by atoms with van der Waals surface area (Å²) in [5.41, 5.74) is 0. The Morgan fingerprint density at radius 1 is 0.545 bits per heavy atom. The number of allylic oxidation sites excluding steroid dienone is 3. The summed E-state index contributed by atoms with van der Waals surface area (Å²) in [6.07, 6.45) is 24.8. The van der Waals surface area contributed by atoms with Gasteiger partial charge in [-0.25, -0.2) is 9.78 Å². The normalized spacial score (nSPS) is 11.9. The van der Waals surface area contributed by atoms with E-state index in [0.717, 1.165) is 6.42 Å². The van der Waals surface area contributed by atoms with Crippen molar-refractivity contribution in [3.8, 4) is 0 Å². The lowest BCUT2D eigenvalue weighted by molar-refractivity contribution is -0.290. The van der Waals surface area contributed by atoms with Gasteiger partial charge in [-0.3, -0.25) is 0 Å². The van der Waals surface area contributed by atoms with Crippen molar-refractivity contribution in [2.24, 2.45) is 0 Å². The first kappa shape index (κ1) is 21.4. The number of hydrogen-bond acceptors (Lipinski definition) is 2. The lowest BCUT2D eigenvalue weighted by atomic mass is 10.1. The van der Waals surface area contributed by atoms with E-state index in [9.17, 15) is 0 Å². The Morgan fingerprint density at radius 3 is 1.59 bits per heavy atom. The maximum atomic E-state index is 4.95. The van der Waals surface area contributed by atoms with Crippen LogP contribution < -0.4 is 0 Å². The second kappa shape index (κ2) is 20.4. The van der Waals surface area contributed by atoms with Crippen LogP contribution in [0.1, 0.15) is 90.9 Å². The van der Waals surface area contributed by atoms with E-state index in [1.54, 1.807) is 0 Å². The van der Waals surface area contributed by atoms with E-state index in [-0.39, 0.29) is 0 Å². The van der Waals surface area contributed by atoms with Gasteiger partial charge in [-0.05, 0) is 45.4 Å². The molecule has 130 valence electrons. The fourth-order valence-corrected chi connectivity index (χ4v) is 2.28. The van der Waals surface area contributed by atoms with Crippen molar-refractivity contribution in [1.29, 1.82) is 0 Å². The number of rotatable bonds is 17. The Kier molecular flexibility index (Phi) is 19.8. The average molecular weight is 311 g/mol. The first-order chi connectivity index (χ1) is 10.9. The molecular weight excluding hydrogens is 272 g/mol. The summed E-state index contributed by atoms with van der Waals surface area (Å²) < 4.78 is 0. The summed E-state index contributed by atoms with van der Waals surface area (Å²) >= 11 is 0. The molecule has 0 radical (unpaired) electrons. The summed E-state index contributed by atoms with van der Waals surface area (Å²) in [6, 6.07) is 0. The smallest absolute Gasteiger partial charge is 0.0856 e. The van der Waals surface area contributed by atoms with Crippen molar-refractivity contribution in [2.75, 3.05) is 13.2 Å². The molecule has 0 fully saturated rings. The molecule has 0 bridgehead atoms. The zero-order valence-corrected chi connectivity index (χ0v) is 15.0. The minimum Gasteiger partial charge on any atom is -0.237 e. The highest BCUT2D eigenvalue weighted by Gasteiger charge is 1.90. The van der Waals surface area contributed by atoms with Crippen LogP contribution in [0.25, 0.3) is 0 Å². The van der Waals surface area contributed by atoms with E-state index < -0.39 is 0 Å². The largest absolute Gasteiger partial charge is 0.237 e. The summed E-state index contributed by atoms with van der Waals surface area (Å²) in [5, 5.41) is 0. The molecule has 0 heterocycles. The number of hydrogen-bond donors (Lipinski definition) is 0. The molecule has 0 atom stereocenters. The van der Waals surface area contributed by atoms with Crippen LogP contribution in [0.3, 0.4) is 0 Å². The Hall–Kier alpha value is -0.600. The van der Waals surface area contributed by atoms with E-state index >= 15 is 0 Å². The minimum atomic E-state index is 0.624. The second-order valence-electron chi connectivity index (χ2n) is 5.80. The summed E-state index contributed by atoms with van der Waals surface area (Å²) in [5.74, 6) is 0. The summed E-state index contributed by atoms with van der Waals surface area (Å²) in [4.78, 5) is 9.77. The molecule has 0 aliphatic carbocycles. The Morgan fingerprint density at radius 2 is 1.05 bits per heavy atom. The fourth-order valence-electron chi connectivity index (χ4n) is 2.28. The van der Waals surface area contributed by atoms with Crippen LogP contribution >= 0.6 is 0 Å². The minimum absolute atomic E-state index is 0.624. The molecule has 0 aliphatic heterocycles. The maximum Gasteiger partial charge on any atom is 0.0856 e. The van der Waals surface area contributed by atoms with Gasteiger partial charge in [0, 0.05) is 0 Å². The Balaban J connectivity index is 3.08. The van der Waals surface area contributed by atoms with Crippen LogP contribution in [-0.4, -0.2) is 13.2 Å². The van der Waals surface area contributed by atoms with Gasteiger partial charge in [0.25, 0.3) is 0 Å². The van der Waals surface area contributed by atoms with Gasteiger partial charge in [0.2, 0.25) is 0 Å². The third kappa shape index (κ3) is 19.4. The third-order valence-electron chi connectivity index (χ3n) is 3.62. The molecular formula is C20H38O2. The highest BCUT2D eigenvalue weighted by Crippen LogP contribution is 2.09. The van der Waals surface area contributed by atoms with Gasteiger partial charge in [0.1, 0.15) is 0 Å².